The van der Waals surface area contributed by atoms with Crippen LogP contribution in [0.5, 0.6) is 28.7 Å². The van der Waals surface area contributed by atoms with Gasteiger partial charge in [-0.15, -0.1) is 0 Å². The van der Waals surface area contributed by atoms with E-state index in [1.165, 1.54) is 14.2 Å². The van der Waals surface area contributed by atoms with Crippen molar-refractivity contribution in [3.8, 4) is 28.7 Å². The molecule has 0 fully saturated rings. The predicted molar refractivity (Wildman–Crippen MR) is 97.4 cm³/mol. The summed E-state index contributed by atoms with van der Waals surface area (Å²) in [7, 11) is 6.17. The fourth-order valence-corrected chi connectivity index (χ4v) is 2.69. The van der Waals surface area contributed by atoms with Crippen LogP contribution in [-0.2, 0) is 0 Å². The third-order valence-electron chi connectivity index (χ3n) is 3.50. The van der Waals surface area contributed by atoms with E-state index in [2.05, 4.69) is 15.9 Å². The molecule has 0 radical (unpaired) electrons. The van der Waals surface area contributed by atoms with Gasteiger partial charge in [-0.25, -0.2) is 0 Å². The van der Waals surface area contributed by atoms with Crippen molar-refractivity contribution in [1.29, 1.82) is 0 Å². The van der Waals surface area contributed by atoms with Crippen LogP contribution < -0.4 is 18.9 Å². The largest absolute Gasteiger partial charge is 0.504 e. The van der Waals surface area contributed by atoms with Crippen LogP contribution in [-0.4, -0.2) is 33.5 Å². The molecule has 0 bridgehead atoms. The lowest BCUT2D eigenvalue weighted by atomic mass is 10.1. The second-order valence-corrected chi connectivity index (χ2v) is 5.66. The molecule has 6 heteroatoms. The van der Waals surface area contributed by atoms with Gasteiger partial charge in [0, 0.05) is 10.0 Å². The van der Waals surface area contributed by atoms with Crippen LogP contribution in [0.1, 0.15) is 11.1 Å². The Morgan fingerprint density at radius 1 is 0.792 bits per heavy atom. The van der Waals surface area contributed by atoms with Crippen LogP contribution in [0, 0.1) is 0 Å². The molecule has 0 aliphatic heterocycles. The van der Waals surface area contributed by atoms with E-state index in [1.54, 1.807) is 32.4 Å². The summed E-state index contributed by atoms with van der Waals surface area (Å²) in [5, 5.41) is 10.3. The van der Waals surface area contributed by atoms with Crippen molar-refractivity contribution in [1.82, 2.24) is 0 Å². The summed E-state index contributed by atoms with van der Waals surface area (Å²) in [4.78, 5) is 0. The molecule has 0 heterocycles. The first-order valence-corrected chi connectivity index (χ1v) is 7.88. The summed E-state index contributed by atoms with van der Waals surface area (Å²) in [5.41, 5.74) is 1.48. The highest BCUT2D eigenvalue weighted by atomic mass is 79.9. The van der Waals surface area contributed by atoms with Crippen LogP contribution >= 0.6 is 15.9 Å². The maximum absolute atomic E-state index is 10.3. The summed E-state index contributed by atoms with van der Waals surface area (Å²) in [5.74, 6) is 2.04. The Hall–Kier alpha value is -2.34. The summed E-state index contributed by atoms with van der Waals surface area (Å²) < 4.78 is 21.8. The summed E-state index contributed by atoms with van der Waals surface area (Å²) in [6.45, 7) is 0. The van der Waals surface area contributed by atoms with Gasteiger partial charge in [0.05, 0.1) is 28.4 Å². The van der Waals surface area contributed by atoms with Crippen LogP contribution in [0.25, 0.3) is 12.2 Å². The summed E-state index contributed by atoms with van der Waals surface area (Å²) >= 11 is 3.50. The zero-order valence-electron chi connectivity index (χ0n) is 13.9. The first-order valence-electron chi connectivity index (χ1n) is 7.09. The van der Waals surface area contributed by atoms with E-state index in [4.69, 9.17) is 18.9 Å². The van der Waals surface area contributed by atoms with E-state index in [9.17, 15) is 5.11 Å². The van der Waals surface area contributed by atoms with Crippen molar-refractivity contribution in [2.45, 2.75) is 0 Å². The maximum atomic E-state index is 10.3. The van der Waals surface area contributed by atoms with Crippen molar-refractivity contribution >= 4 is 28.1 Å². The maximum Gasteiger partial charge on any atom is 0.203 e. The van der Waals surface area contributed by atoms with Gasteiger partial charge in [-0.3, -0.25) is 0 Å². The van der Waals surface area contributed by atoms with E-state index in [1.807, 2.05) is 18.2 Å². The number of phenols is 1. The van der Waals surface area contributed by atoms with Gasteiger partial charge in [-0.05, 0) is 29.8 Å². The molecule has 0 saturated carbocycles. The number of halogens is 1. The quantitative estimate of drug-likeness (QED) is 0.737. The van der Waals surface area contributed by atoms with E-state index >= 15 is 0 Å². The molecular weight excluding hydrogens is 376 g/mol. The normalized spacial score (nSPS) is 10.7. The lowest BCUT2D eigenvalue weighted by Crippen LogP contribution is -1.92. The molecule has 0 amide bonds. The minimum Gasteiger partial charge on any atom is -0.504 e. The number of rotatable bonds is 6. The molecule has 2 aromatic carbocycles. The van der Waals surface area contributed by atoms with Crippen LogP contribution in [0.3, 0.4) is 0 Å². The average Bonchev–Trinajstić information content (AvgIpc) is 2.60. The van der Waals surface area contributed by atoms with Gasteiger partial charge in [0.15, 0.2) is 23.0 Å². The molecule has 0 aliphatic rings. The number of benzene rings is 2. The molecule has 2 rings (SSSR count). The van der Waals surface area contributed by atoms with Crippen molar-refractivity contribution in [2.75, 3.05) is 28.4 Å². The Kier molecular flexibility index (Phi) is 5.98. The fraction of sp³-hybridized carbons (Fsp3) is 0.222. The number of aromatic hydroxyl groups is 1. The van der Waals surface area contributed by atoms with E-state index in [0.29, 0.717) is 28.6 Å². The monoisotopic (exact) mass is 394 g/mol. The average molecular weight is 395 g/mol. The third-order valence-corrected chi connectivity index (χ3v) is 4.18. The summed E-state index contributed by atoms with van der Waals surface area (Å²) in [6.07, 6.45) is 3.64. The van der Waals surface area contributed by atoms with Gasteiger partial charge >= 0.3 is 0 Å². The van der Waals surface area contributed by atoms with Crippen LogP contribution in [0.2, 0.25) is 0 Å². The molecule has 128 valence electrons. The van der Waals surface area contributed by atoms with Gasteiger partial charge in [0.2, 0.25) is 5.75 Å². The molecule has 0 spiro atoms. The zero-order valence-corrected chi connectivity index (χ0v) is 15.5. The van der Waals surface area contributed by atoms with Gasteiger partial charge in [0.25, 0.3) is 0 Å². The second kappa shape index (κ2) is 7.97. The Bertz CT molecular complexity index is 750. The smallest absolute Gasteiger partial charge is 0.203 e. The highest BCUT2D eigenvalue weighted by Gasteiger charge is 2.13. The zero-order chi connectivity index (χ0) is 17.7. The van der Waals surface area contributed by atoms with E-state index in [-0.39, 0.29) is 5.75 Å². The summed E-state index contributed by atoms with van der Waals surface area (Å²) in [6, 6.07) is 7.16. The van der Waals surface area contributed by atoms with Gasteiger partial charge in [0.1, 0.15) is 0 Å². The molecular formula is C18H19BrO5. The molecule has 0 aromatic heterocycles. The lowest BCUT2D eigenvalue weighted by molar-refractivity contribution is 0.333. The number of ether oxygens (including phenoxy) is 4. The van der Waals surface area contributed by atoms with E-state index in [0.717, 1.165) is 10.0 Å². The highest BCUT2D eigenvalue weighted by molar-refractivity contribution is 9.10. The first-order chi connectivity index (χ1) is 11.5. The minimum atomic E-state index is 0.0182. The topological polar surface area (TPSA) is 57.2 Å². The first kappa shape index (κ1) is 18.0. The molecule has 0 saturated heterocycles. The number of hydrogen-bond acceptors (Lipinski definition) is 5. The Labute approximate surface area is 149 Å². The second-order valence-electron chi connectivity index (χ2n) is 4.80. The Balaban J connectivity index is 2.41. The van der Waals surface area contributed by atoms with E-state index < -0.39 is 0 Å². The number of methoxy groups -OCH3 is 4. The van der Waals surface area contributed by atoms with Crippen LogP contribution in [0.15, 0.2) is 28.7 Å². The SMILES string of the molecule is COc1cc(Br)c(C=Cc2ccc(OC)c(OC)c2O)cc1OC. The molecule has 5 nitrogen and oxygen atoms in total. The van der Waals surface area contributed by atoms with Gasteiger partial charge < -0.3 is 24.1 Å². The van der Waals surface area contributed by atoms with Crippen LogP contribution in [0.4, 0.5) is 0 Å². The van der Waals surface area contributed by atoms with Crippen molar-refractivity contribution in [3.63, 3.8) is 0 Å². The molecule has 0 aliphatic carbocycles. The minimum absolute atomic E-state index is 0.0182. The highest BCUT2D eigenvalue weighted by Crippen LogP contribution is 2.40. The molecule has 0 atom stereocenters. The Morgan fingerprint density at radius 2 is 1.38 bits per heavy atom. The number of hydrogen-bond donors (Lipinski definition) is 1. The van der Waals surface area contributed by atoms with Gasteiger partial charge in [-0.2, -0.15) is 0 Å². The third kappa shape index (κ3) is 3.59. The fourth-order valence-electron chi connectivity index (χ4n) is 2.24. The van der Waals surface area contributed by atoms with Crippen molar-refractivity contribution < 1.29 is 24.1 Å². The Morgan fingerprint density at radius 3 is 1.96 bits per heavy atom. The molecule has 0 unspecified atom stereocenters. The van der Waals surface area contributed by atoms with Crippen molar-refractivity contribution in [2.24, 2.45) is 0 Å². The lowest BCUT2D eigenvalue weighted by Gasteiger charge is -2.11. The molecule has 1 N–H and O–H groups in total. The number of phenolic OH excluding ortho intramolecular Hbond substituents is 1. The molecule has 24 heavy (non-hydrogen) atoms. The van der Waals surface area contributed by atoms with Crippen molar-refractivity contribution in [3.05, 3.63) is 39.9 Å². The predicted octanol–water partition coefficient (Wildman–Crippen LogP) is 4.36. The standard InChI is InChI=1S/C18H19BrO5/c1-21-14-8-7-11(17(20)18(14)24-4)5-6-12-9-15(22-2)16(23-3)10-13(12)19/h5-10,20H,1-4H3. The van der Waals surface area contributed by atoms with Gasteiger partial charge in [-0.1, -0.05) is 28.1 Å². The molecule has 2 aromatic rings.